The number of nitrogens with one attached hydrogen (secondary N) is 2. The van der Waals surface area contributed by atoms with Crippen LogP contribution in [0.15, 0.2) is 48.5 Å². The zero-order valence-electron chi connectivity index (χ0n) is 14.5. The molecule has 0 fully saturated rings. The second-order valence-corrected chi connectivity index (χ2v) is 5.96. The summed E-state index contributed by atoms with van der Waals surface area (Å²) >= 11 is 0. The molecule has 2 N–H and O–H groups in total. The molecule has 0 aliphatic rings. The van der Waals surface area contributed by atoms with Gasteiger partial charge >= 0.3 is 0 Å². The molecule has 0 aliphatic carbocycles. The summed E-state index contributed by atoms with van der Waals surface area (Å²) in [5.74, 6) is -0.667. The molecule has 25 heavy (non-hydrogen) atoms. The first-order valence-corrected chi connectivity index (χ1v) is 8.43. The Labute approximate surface area is 147 Å². The molecule has 0 spiro atoms. The summed E-state index contributed by atoms with van der Waals surface area (Å²) in [5, 5.41) is 5.64. The van der Waals surface area contributed by atoms with Crippen molar-refractivity contribution in [1.29, 1.82) is 0 Å². The predicted molar refractivity (Wildman–Crippen MR) is 96.1 cm³/mol. The summed E-state index contributed by atoms with van der Waals surface area (Å²) in [6.45, 7) is 4.28. The molecule has 0 bridgehead atoms. The molecule has 2 aromatic rings. The summed E-state index contributed by atoms with van der Waals surface area (Å²) in [4.78, 5) is 24.1. The molecule has 2 amide bonds. The van der Waals surface area contributed by atoms with Crippen molar-refractivity contribution in [3.63, 3.8) is 0 Å². The van der Waals surface area contributed by atoms with Crippen LogP contribution in [0.3, 0.4) is 0 Å². The van der Waals surface area contributed by atoms with Crippen molar-refractivity contribution >= 4 is 11.8 Å². The van der Waals surface area contributed by atoms with Gasteiger partial charge in [-0.2, -0.15) is 0 Å². The number of benzene rings is 2. The van der Waals surface area contributed by atoms with Crippen LogP contribution in [0.2, 0.25) is 0 Å². The Balaban J connectivity index is 1.88. The second-order valence-electron chi connectivity index (χ2n) is 5.96. The zero-order valence-corrected chi connectivity index (χ0v) is 14.5. The standard InChI is InChI=1S/C20H23FN2O2/c1-3-14(2)23-20(25)17-10-8-16(9-11-17)19(24)22-13-12-15-6-4-5-7-18(15)21/h4-11,14H,3,12-13H2,1-2H3,(H,22,24)(H,23,25). The lowest BCUT2D eigenvalue weighted by molar-refractivity contribution is 0.0932. The van der Waals surface area contributed by atoms with Crippen molar-refractivity contribution in [2.24, 2.45) is 0 Å². The summed E-state index contributed by atoms with van der Waals surface area (Å²) in [6, 6.07) is 13.1. The molecule has 4 nitrogen and oxygen atoms in total. The SMILES string of the molecule is CCC(C)NC(=O)c1ccc(C(=O)NCCc2ccccc2F)cc1. The molecular weight excluding hydrogens is 319 g/mol. The van der Waals surface area contributed by atoms with Gasteiger partial charge in [0.15, 0.2) is 0 Å². The largest absolute Gasteiger partial charge is 0.352 e. The lowest BCUT2D eigenvalue weighted by Crippen LogP contribution is -2.32. The fourth-order valence-corrected chi connectivity index (χ4v) is 2.30. The summed E-state index contributed by atoms with van der Waals surface area (Å²) in [5.41, 5.74) is 1.55. The van der Waals surface area contributed by atoms with Gasteiger partial charge in [0.2, 0.25) is 0 Å². The minimum Gasteiger partial charge on any atom is -0.352 e. The number of halogens is 1. The van der Waals surface area contributed by atoms with E-state index in [1.807, 2.05) is 13.8 Å². The van der Waals surface area contributed by atoms with E-state index in [0.717, 1.165) is 6.42 Å². The van der Waals surface area contributed by atoms with E-state index in [-0.39, 0.29) is 23.7 Å². The Bertz CT molecular complexity index is 729. The van der Waals surface area contributed by atoms with Crippen molar-refractivity contribution in [1.82, 2.24) is 10.6 Å². The van der Waals surface area contributed by atoms with E-state index in [2.05, 4.69) is 10.6 Å². The maximum absolute atomic E-state index is 13.5. The molecule has 0 radical (unpaired) electrons. The van der Waals surface area contributed by atoms with Gasteiger partial charge in [-0.1, -0.05) is 25.1 Å². The molecule has 0 heterocycles. The Morgan fingerprint density at radius 2 is 1.60 bits per heavy atom. The third-order valence-electron chi connectivity index (χ3n) is 4.04. The highest BCUT2D eigenvalue weighted by Gasteiger charge is 2.10. The summed E-state index contributed by atoms with van der Waals surface area (Å²) < 4.78 is 13.5. The van der Waals surface area contributed by atoms with Crippen LogP contribution in [0.4, 0.5) is 4.39 Å². The highest BCUT2D eigenvalue weighted by atomic mass is 19.1. The van der Waals surface area contributed by atoms with Gasteiger partial charge in [0.05, 0.1) is 0 Å². The van der Waals surface area contributed by atoms with Crippen molar-refractivity contribution in [2.75, 3.05) is 6.54 Å². The van der Waals surface area contributed by atoms with Gasteiger partial charge in [-0.25, -0.2) is 4.39 Å². The number of rotatable bonds is 7. The molecule has 0 saturated carbocycles. The Morgan fingerprint density at radius 3 is 2.20 bits per heavy atom. The Kier molecular flexibility index (Phi) is 6.69. The molecule has 132 valence electrons. The smallest absolute Gasteiger partial charge is 0.251 e. The first-order chi connectivity index (χ1) is 12.0. The van der Waals surface area contributed by atoms with Gasteiger partial charge in [-0.05, 0) is 55.7 Å². The highest BCUT2D eigenvalue weighted by molar-refractivity contribution is 5.97. The fraction of sp³-hybridized carbons (Fsp3) is 0.300. The molecule has 0 aromatic heterocycles. The number of amides is 2. The van der Waals surface area contributed by atoms with Gasteiger partial charge in [-0.3, -0.25) is 9.59 Å². The normalized spacial score (nSPS) is 11.6. The topological polar surface area (TPSA) is 58.2 Å². The summed E-state index contributed by atoms with van der Waals surface area (Å²) in [6.07, 6.45) is 1.28. The van der Waals surface area contributed by atoms with Crippen molar-refractivity contribution in [3.8, 4) is 0 Å². The maximum Gasteiger partial charge on any atom is 0.251 e. The van der Waals surface area contributed by atoms with Crippen LogP contribution >= 0.6 is 0 Å². The molecule has 1 atom stereocenters. The molecule has 5 heteroatoms. The number of hydrogen-bond donors (Lipinski definition) is 2. The average molecular weight is 342 g/mol. The minimum absolute atomic E-state index is 0.105. The quantitative estimate of drug-likeness (QED) is 0.811. The van der Waals surface area contributed by atoms with Crippen LogP contribution in [-0.2, 0) is 6.42 Å². The van der Waals surface area contributed by atoms with Crippen molar-refractivity contribution in [3.05, 3.63) is 71.0 Å². The van der Waals surface area contributed by atoms with Gasteiger partial charge in [0.25, 0.3) is 11.8 Å². The van der Waals surface area contributed by atoms with Crippen LogP contribution in [0.25, 0.3) is 0 Å². The summed E-state index contributed by atoms with van der Waals surface area (Å²) in [7, 11) is 0. The number of hydrogen-bond acceptors (Lipinski definition) is 2. The predicted octanol–water partition coefficient (Wildman–Crippen LogP) is 3.33. The van der Waals surface area contributed by atoms with E-state index in [1.54, 1.807) is 42.5 Å². The second kappa shape index (κ2) is 8.97. The third kappa shape index (κ3) is 5.41. The van der Waals surface area contributed by atoms with Gasteiger partial charge < -0.3 is 10.6 Å². The van der Waals surface area contributed by atoms with Crippen LogP contribution in [0.1, 0.15) is 46.5 Å². The van der Waals surface area contributed by atoms with E-state index >= 15 is 0 Å². The van der Waals surface area contributed by atoms with E-state index in [0.29, 0.717) is 29.7 Å². The average Bonchev–Trinajstić information content (AvgIpc) is 2.63. The first-order valence-electron chi connectivity index (χ1n) is 8.43. The number of carbonyl (C=O) groups excluding carboxylic acids is 2. The zero-order chi connectivity index (χ0) is 18.2. The van der Waals surface area contributed by atoms with Crippen LogP contribution in [0.5, 0.6) is 0 Å². The fourth-order valence-electron chi connectivity index (χ4n) is 2.30. The molecule has 0 aliphatic heterocycles. The minimum atomic E-state index is -0.270. The Hall–Kier alpha value is -2.69. The molecule has 2 aromatic carbocycles. The lowest BCUT2D eigenvalue weighted by Gasteiger charge is -2.11. The molecular formula is C20H23FN2O2. The molecule has 0 saturated heterocycles. The highest BCUT2D eigenvalue weighted by Crippen LogP contribution is 2.08. The third-order valence-corrected chi connectivity index (χ3v) is 4.04. The van der Waals surface area contributed by atoms with Gasteiger partial charge in [0.1, 0.15) is 5.82 Å². The van der Waals surface area contributed by atoms with Crippen LogP contribution in [-0.4, -0.2) is 24.4 Å². The van der Waals surface area contributed by atoms with Gasteiger partial charge in [-0.15, -0.1) is 0 Å². The lowest BCUT2D eigenvalue weighted by atomic mass is 10.1. The van der Waals surface area contributed by atoms with Crippen LogP contribution < -0.4 is 10.6 Å². The van der Waals surface area contributed by atoms with Crippen LogP contribution in [0, 0.1) is 5.82 Å². The first kappa shape index (κ1) is 18.6. The maximum atomic E-state index is 13.5. The Morgan fingerprint density at radius 1 is 1.00 bits per heavy atom. The van der Waals surface area contributed by atoms with E-state index in [4.69, 9.17) is 0 Å². The van der Waals surface area contributed by atoms with E-state index < -0.39 is 0 Å². The van der Waals surface area contributed by atoms with Gasteiger partial charge in [0, 0.05) is 23.7 Å². The monoisotopic (exact) mass is 342 g/mol. The molecule has 1 unspecified atom stereocenters. The molecule has 2 rings (SSSR count). The number of carbonyl (C=O) groups is 2. The van der Waals surface area contributed by atoms with Crippen molar-refractivity contribution in [2.45, 2.75) is 32.7 Å². The van der Waals surface area contributed by atoms with E-state index in [1.165, 1.54) is 6.07 Å². The van der Waals surface area contributed by atoms with Crippen molar-refractivity contribution < 1.29 is 14.0 Å². The van der Waals surface area contributed by atoms with E-state index in [9.17, 15) is 14.0 Å².